The van der Waals surface area contributed by atoms with E-state index in [2.05, 4.69) is 0 Å². The second-order valence-electron chi connectivity index (χ2n) is 0.981. The van der Waals surface area contributed by atoms with Crippen LogP contribution in [0.5, 0.6) is 0 Å². The third-order valence-corrected chi connectivity index (χ3v) is 4.28. The van der Waals surface area contributed by atoms with Crippen LogP contribution in [-0.4, -0.2) is 48.4 Å². The van der Waals surface area contributed by atoms with Crippen LogP contribution in [0.4, 0.5) is 0 Å². The van der Waals surface area contributed by atoms with E-state index >= 15 is 0 Å². The molecule has 0 aliphatic carbocycles. The molecule has 0 bridgehead atoms. The summed E-state index contributed by atoms with van der Waals surface area (Å²) in [5.74, 6) is -3.36. The second kappa shape index (κ2) is 5.74. The van der Waals surface area contributed by atoms with Crippen molar-refractivity contribution >= 4 is 38.2 Å². The normalized spacial score (nSPS) is 18.0. The Hall–Kier alpha value is -0.0210. The fourth-order valence-electron chi connectivity index (χ4n) is 0.113. The molecule has 0 aromatic heterocycles. The Morgan fingerprint density at radius 3 is 1.70 bits per heavy atom. The van der Waals surface area contributed by atoms with E-state index in [1.165, 1.54) is 0 Å². The van der Waals surface area contributed by atoms with Crippen molar-refractivity contribution in [3.05, 3.63) is 0 Å². The van der Waals surface area contributed by atoms with E-state index in [9.17, 15) is 9.59 Å². The summed E-state index contributed by atoms with van der Waals surface area (Å²) in [7, 11) is 0. The number of hydrogen-bond donors (Lipinski definition) is 2. The molecule has 0 aliphatic rings. The first-order valence-electron chi connectivity index (χ1n) is 3.93. The van der Waals surface area contributed by atoms with Gasteiger partial charge in [-0.1, -0.05) is 0 Å². The molecule has 0 rings (SSSR count). The van der Waals surface area contributed by atoms with Crippen LogP contribution in [0.1, 0.15) is 5.48 Å². The summed E-state index contributed by atoms with van der Waals surface area (Å²) < 4.78 is 27.8. The topological polar surface area (TPSA) is 74.6 Å². The van der Waals surface area contributed by atoms with E-state index in [4.69, 9.17) is 15.7 Å². The molecule has 4 nitrogen and oxygen atoms in total. The Kier molecular flexibility index (Phi) is 2.74. The number of carboxylic acids is 2. The second-order valence-corrected chi connectivity index (χ2v) is 6.17. The summed E-state index contributed by atoms with van der Waals surface area (Å²) >= 11 is -2.40. The maximum atomic E-state index is 10.3. The molecule has 58 valence electrons. The molecule has 0 saturated heterocycles. The molecule has 2 N–H and O–H groups in total. The van der Waals surface area contributed by atoms with Crippen molar-refractivity contribution in [2.75, 3.05) is 0 Å². The maximum absolute atomic E-state index is 10.3. The van der Waals surface area contributed by atoms with E-state index in [0.29, 0.717) is 0 Å². The van der Waals surface area contributed by atoms with Crippen molar-refractivity contribution in [1.82, 2.24) is 0 Å². The van der Waals surface area contributed by atoms with Gasteiger partial charge in [-0.25, -0.2) is 0 Å². The molecule has 0 spiro atoms. The van der Waals surface area contributed by atoms with Gasteiger partial charge in [-0.15, -0.1) is 0 Å². The minimum absolute atomic E-state index is 1.20. The van der Waals surface area contributed by atoms with E-state index in [-0.39, 0.29) is 0 Å². The Morgan fingerprint density at radius 2 is 1.50 bits per heavy atom. The summed E-state index contributed by atoms with van der Waals surface area (Å²) in [5.41, 5.74) is 0. The van der Waals surface area contributed by atoms with Crippen LogP contribution < -0.4 is 0 Å². The van der Waals surface area contributed by atoms with Gasteiger partial charge in [0.05, 0.1) is 0 Å². The zero-order valence-electron chi connectivity index (χ0n) is 8.53. The summed E-state index contributed by atoms with van der Waals surface area (Å²) in [4.78, 5) is 20.6. The van der Waals surface area contributed by atoms with E-state index < -0.39 is 48.7 Å². The van der Waals surface area contributed by atoms with Gasteiger partial charge in [0.1, 0.15) is 0 Å². The van der Waals surface area contributed by atoms with E-state index in [0.717, 1.165) is 0 Å². The molecular formula is C4H6O4Se2. The predicted molar refractivity (Wildman–Crippen MR) is 36.4 cm³/mol. The van der Waals surface area contributed by atoms with Crippen LogP contribution in [0.3, 0.4) is 0 Å². The van der Waals surface area contributed by atoms with Crippen LogP contribution in [0.2, 0.25) is 10.5 Å². The average Bonchev–Trinajstić information content (AvgIpc) is 2.01. The first-order chi connectivity index (χ1) is 6.09. The number of hydrogen-bond acceptors (Lipinski definition) is 2. The van der Waals surface area contributed by atoms with Crippen molar-refractivity contribution < 1.29 is 25.3 Å². The third-order valence-electron chi connectivity index (χ3n) is 0.300. The number of carboxylic acid groups (broad SMARTS) is 2. The van der Waals surface area contributed by atoms with Crippen LogP contribution in [0, 0.1) is 0 Å². The predicted octanol–water partition coefficient (Wildman–Crippen LogP) is -0.684. The molecule has 6 heteroatoms. The summed E-state index contributed by atoms with van der Waals surface area (Å²) in [5, 5.41) is 11.7. The fraction of sp³-hybridized carbons (Fsp3) is 0.500. The summed E-state index contributed by atoms with van der Waals surface area (Å²) in [6.45, 7) is 0. The van der Waals surface area contributed by atoms with Gasteiger partial charge in [0.15, 0.2) is 0 Å². The van der Waals surface area contributed by atoms with Gasteiger partial charge in [-0.05, 0) is 0 Å². The van der Waals surface area contributed by atoms with Crippen molar-refractivity contribution in [3.8, 4) is 0 Å². The first kappa shape index (κ1) is 4.78. The van der Waals surface area contributed by atoms with Crippen molar-refractivity contribution in [2.45, 2.75) is 10.5 Å². The van der Waals surface area contributed by atoms with Gasteiger partial charge in [0.25, 0.3) is 0 Å². The molecule has 0 aromatic carbocycles. The van der Waals surface area contributed by atoms with Crippen LogP contribution in [0.25, 0.3) is 0 Å². The van der Waals surface area contributed by atoms with Gasteiger partial charge in [-0.3, -0.25) is 0 Å². The number of carbonyl (C=O) groups is 2. The van der Waals surface area contributed by atoms with Crippen molar-refractivity contribution in [2.24, 2.45) is 0 Å². The Bertz CT molecular complexity index is 230. The molecule has 0 fully saturated rings. The molecule has 0 radical (unpaired) electrons. The standard InChI is InChI=1S/C4H6O4Se2/c5-3(6)1-9-10-2-4(7)8/h1-2H2,(H,5,6)(H,7,8)/i1D2,2D2. The van der Waals surface area contributed by atoms with Gasteiger partial charge in [-0.2, -0.15) is 0 Å². The molecule has 0 saturated carbocycles. The van der Waals surface area contributed by atoms with Crippen LogP contribution in [0.15, 0.2) is 0 Å². The molecule has 0 amide bonds. The molecular weight excluding hydrogens is 270 g/mol. The fourth-order valence-corrected chi connectivity index (χ4v) is 3.05. The minimum atomic E-state index is -2.50. The molecule has 0 aliphatic heterocycles. The molecule has 10 heavy (non-hydrogen) atoms. The van der Waals surface area contributed by atoms with E-state index in [1.807, 2.05) is 0 Å². The Balaban J connectivity index is 4.32. The first-order valence-corrected chi connectivity index (χ1v) is 7.98. The quantitative estimate of drug-likeness (QED) is 0.654. The average molecular weight is 280 g/mol. The number of rotatable bonds is 5. The molecule has 0 aromatic rings. The Morgan fingerprint density at radius 1 is 1.20 bits per heavy atom. The van der Waals surface area contributed by atoms with Crippen molar-refractivity contribution in [3.63, 3.8) is 0 Å². The summed E-state index contributed by atoms with van der Waals surface area (Å²) in [6.07, 6.45) is 0. The van der Waals surface area contributed by atoms with Gasteiger partial charge in [0.2, 0.25) is 0 Å². The van der Waals surface area contributed by atoms with Crippen molar-refractivity contribution in [1.29, 1.82) is 0 Å². The zero-order chi connectivity index (χ0) is 11.6. The third kappa shape index (κ3) is 7.98. The van der Waals surface area contributed by atoms with Crippen LogP contribution >= 0.6 is 0 Å². The molecule has 0 heterocycles. The SMILES string of the molecule is [2H]C([2H])([Se][Se]C([2H])([2H])C(=O)O)C(=O)O. The number of aliphatic carboxylic acids is 2. The zero-order valence-corrected chi connectivity index (χ0v) is 7.95. The van der Waals surface area contributed by atoms with Gasteiger partial charge >= 0.3 is 74.0 Å². The summed E-state index contributed by atoms with van der Waals surface area (Å²) in [6, 6.07) is 0. The van der Waals surface area contributed by atoms with E-state index in [1.54, 1.807) is 0 Å². The van der Waals surface area contributed by atoms with Gasteiger partial charge < -0.3 is 0 Å². The molecule has 0 atom stereocenters. The monoisotopic (exact) mass is 282 g/mol. The molecule has 0 unspecified atom stereocenters. The van der Waals surface area contributed by atoms with Gasteiger partial charge in [0, 0.05) is 0 Å². The Labute approximate surface area is 74.5 Å². The van der Waals surface area contributed by atoms with Crippen LogP contribution in [-0.2, 0) is 9.59 Å².